The average Bonchev–Trinajstić information content (AvgIpc) is 3.40. The van der Waals surface area contributed by atoms with Crippen LogP contribution in [0.2, 0.25) is 0 Å². The third-order valence-corrected chi connectivity index (χ3v) is 7.83. The first-order valence-electron chi connectivity index (χ1n) is 11.4. The van der Waals surface area contributed by atoms with E-state index in [1.54, 1.807) is 36.0 Å². The molecule has 1 N–H and O–H groups in total. The van der Waals surface area contributed by atoms with E-state index in [-0.39, 0.29) is 17.6 Å². The van der Waals surface area contributed by atoms with Crippen LogP contribution in [0.25, 0.3) is 10.2 Å². The van der Waals surface area contributed by atoms with Gasteiger partial charge in [0, 0.05) is 43.3 Å². The number of benzene rings is 1. The van der Waals surface area contributed by atoms with Crippen LogP contribution in [0.15, 0.2) is 43.0 Å². The van der Waals surface area contributed by atoms with E-state index in [0.717, 1.165) is 47.5 Å². The lowest BCUT2D eigenvalue weighted by Crippen LogP contribution is -2.42. The molecule has 1 atom stereocenters. The number of nitrogens with one attached hydrogen (secondary N) is 1. The summed E-state index contributed by atoms with van der Waals surface area (Å²) in [6.07, 6.45) is 6.64. The van der Waals surface area contributed by atoms with Gasteiger partial charge in [-0.05, 0) is 49.9 Å². The normalized spacial score (nSPS) is 15.6. The summed E-state index contributed by atoms with van der Waals surface area (Å²) in [5.74, 6) is 1.25. The van der Waals surface area contributed by atoms with Gasteiger partial charge < -0.3 is 14.8 Å². The van der Waals surface area contributed by atoms with Gasteiger partial charge in [0.25, 0.3) is 0 Å². The number of fused-ring (bicyclic) bond motifs is 1. The van der Waals surface area contributed by atoms with Crippen LogP contribution in [0, 0.1) is 25.6 Å². The highest BCUT2D eigenvalue weighted by molar-refractivity contribution is 7.18. The first-order chi connectivity index (χ1) is 16.4. The van der Waals surface area contributed by atoms with E-state index in [0.29, 0.717) is 5.82 Å². The smallest absolute Gasteiger partial charge is 0.224 e. The summed E-state index contributed by atoms with van der Waals surface area (Å²) in [5.41, 5.74) is 2.03. The van der Waals surface area contributed by atoms with Gasteiger partial charge in [0.2, 0.25) is 5.91 Å². The lowest BCUT2D eigenvalue weighted by molar-refractivity contribution is -0.126. The molecule has 9 heteroatoms. The van der Waals surface area contributed by atoms with Gasteiger partial charge in [-0.2, -0.15) is 0 Å². The molecule has 5 rings (SSSR count). The average molecular weight is 479 g/mol. The van der Waals surface area contributed by atoms with E-state index in [1.165, 1.54) is 22.6 Å². The Hall–Kier alpha value is -3.33. The maximum Gasteiger partial charge on any atom is 0.224 e. The fraction of sp³-hybridized carbons (Fsp3) is 0.360. The summed E-state index contributed by atoms with van der Waals surface area (Å²) >= 11 is 1.69. The molecule has 0 aliphatic carbocycles. The SMILES string of the molecule is Cc1sc2ncnc(N3CCC(C(=O)NC(c4ccc(F)cc4)c4nccn4C)CC3)c2c1C. The third kappa shape index (κ3) is 4.16. The van der Waals surface area contributed by atoms with Crippen LogP contribution in [0.5, 0.6) is 0 Å². The number of imidazole rings is 1. The molecule has 1 saturated heterocycles. The largest absolute Gasteiger partial charge is 0.356 e. The summed E-state index contributed by atoms with van der Waals surface area (Å²) < 4.78 is 15.4. The van der Waals surface area contributed by atoms with Crippen LogP contribution < -0.4 is 10.2 Å². The number of aryl methyl sites for hydroxylation is 3. The van der Waals surface area contributed by atoms with Gasteiger partial charge >= 0.3 is 0 Å². The van der Waals surface area contributed by atoms with Crippen LogP contribution in [0.1, 0.15) is 40.7 Å². The van der Waals surface area contributed by atoms with E-state index >= 15 is 0 Å². The number of thiophene rings is 1. The maximum atomic E-state index is 13.5. The van der Waals surface area contributed by atoms with Crippen molar-refractivity contribution in [2.45, 2.75) is 32.7 Å². The molecule has 4 heterocycles. The van der Waals surface area contributed by atoms with Crippen molar-refractivity contribution < 1.29 is 9.18 Å². The molecule has 0 bridgehead atoms. The number of halogens is 1. The van der Waals surface area contributed by atoms with E-state index in [4.69, 9.17) is 0 Å². The van der Waals surface area contributed by atoms with Crippen LogP contribution in [0.3, 0.4) is 0 Å². The molecule has 176 valence electrons. The van der Waals surface area contributed by atoms with Gasteiger partial charge in [-0.1, -0.05) is 12.1 Å². The Morgan fingerprint density at radius 3 is 2.56 bits per heavy atom. The number of carbonyl (C=O) groups is 1. The minimum atomic E-state index is -0.441. The number of rotatable bonds is 5. The molecular formula is C25H27FN6OS. The second-order valence-corrected chi connectivity index (χ2v) is 10.0. The maximum absolute atomic E-state index is 13.5. The molecule has 0 spiro atoms. The first-order valence-corrected chi connectivity index (χ1v) is 12.2. The van der Waals surface area contributed by atoms with Crippen LogP contribution >= 0.6 is 11.3 Å². The molecule has 7 nitrogen and oxygen atoms in total. The second kappa shape index (κ2) is 9.13. The summed E-state index contributed by atoms with van der Waals surface area (Å²) in [5, 5.41) is 4.30. The highest BCUT2D eigenvalue weighted by Gasteiger charge is 2.30. The molecule has 1 aliphatic rings. The highest BCUT2D eigenvalue weighted by atomic mass is 32.1. The topological polar surface area (TPSA) is 75.9 Å². The Balaban J connectivity index is 1.31. The number of anilines is 1. The van der Waals surface area contributed by atoms with Gasteiger partial charge in [0.1, 0.15) is 34.7 Å². The molecule has 1 aromatic carbocycles. The molecule has 4 aromatic rings. The Labute approximate surface area is 201 Å². The quantitative estimate of drug-likeness (QED) is 0.463. The zero-order chi connectivity index (χ0) is 23.8. The van der Waals surface area contributed by atoms with Crippen molar-refractivity contribution in [2.24, 2.45) is 13.0 Å². The lowest BCUT2D eigenvalue weighted by Gasteiger charge is -2.33. The molecular weight excluding hydrogens is 451 g/mol. The van der Waals surface area contributed by atoms with E-state index in [9.17, 15) is 9.18 Å². The van der Waals surface area contributed by atoms with Crippen molar-refractivity contribution in [1.82, 2.24) is 24.8 Å². The predicted octanol–water partition coefficient (Wildman–Crippen LogP) is 4.30. The molecule has 34 heavy (non-hydrogen) atoms. The minimum Gasteiger partial charge on any atom is -0.356 e. The van der Waals surface area contributed by atoms with Crippen molar-refractivity contribution in [3.8, 4) is 0 Å². The fourth-order valence-corrected chi connectivity index (χ4v) is 5.62. The van der Waals surface area contributed by atoms with Crippen molar-refractivity contribution in [3.05, 3.63) is 70.6 Å². The Bertz CT molecular complexity index is 1320. The number of nitrogens with zero attached hydrogens (tertiary/aromatic N) is 5. The third-order valence-electron chi connectivity index (χ3n) is 6.72. The fourth-order valence-electron chi connectivity index (χ4n) is 4.62. The van der Waals surface area contributed by atoms with E-state index < -0.39 is 6.04 Å². The lowest BCUT2D eigenvalue weighted by atomic mass is 9.94. The van der Waals surface area contributed by atoms with Crippen molar-refractivity contribution >= 4 is 33.3 Å². The van der Waals surface area contributed by atoms with Crippen LogP contribution in [0.4, 0.5) is 10.2 Å². The molecule has 1 amide bonds. The Morgan fingerprint density at radius 1 is 1.15 bits per heavy atom. The zero-order valence-electron chi connectivity index (χ0n) is 19.5. The molecule has 1 fully saturated rings. The van der Waals surface area contributed by atoms with Crippen molar-refractivity contribution in [3.63, 3.8) is 0 Å². The second-order valence-electron chi connectivity index (χ2n) is 8.81. The number of hydrogen-bond acceptors (Lipinski definition) is 6. The van der Waals surface area contributed by atoms with E-state index in [1.807, 2.05) is 17.8 Å². The van der Waals surface area contributed by atoms with Gasteiger partial charge in [-0.3, -0.25) is 4.79 Å². The number of piperidine rings is 1. The highest BCUT2D eigenvalue weighted by Crippen LogP contribution is 2.35. The molecule has 1 unspecified atom stereocenters. The van der Waals surface area contributed by atoms with Gasteiger partial charge in [0.15, 0.2) is 0 Å². The molecule has 3 aromatic heterocycles. The van der Waals surface area contributed by atoms with Gasteiger partial charge in [-0.15, -0.1) is 11.3 Å². The number of amides is 1. The molecule has 0 radical (unpaired) electrons. The summed E-state index contributed by atoms with van der Waals surface area (Å²) in [6, 6.07) is 5.77. The standard InChI is InChI=1S/C25H27FN6OS/c1-15-16(2)34-25-20(15)22(28-14-29-25)32-11-8-18(9-12-32)24(33)30-21(23-27-10-13-31(23)3)17-4-6-19(26)7-5-17/h4-7,10,13-14,18,21H,8-9,11-12H2,1-3H3,(H,30,33). The van der Waals surface area contributed by atoms with Crippen molar-refractivity contribution in [1.29, 1.82) is 0 Å². The minimum absolute atomic E-state index is 0.00707. The number of aromatic nitrogens is 4. The van der Waals surface area contributed by atoms with Crippen LogP contribution in [-0.4, -0.2) is 38.5 Å². The van der Waals surface area contributed by atoms with Crippen LogP contribution in [-0.2, 0) is 11.8 Å². The molecule has 1 aliphatic heterocycles. The van der Waals surface area contributed by atoms with Gasteiger partial charge in [0.05, 0.1) is 5.39 Å². The predicted molar refractivity (Wildman–Crippen MR) is 131 cm³/mol. The monoisotopic (exact) mass is 478 g/mol. The van der Waals surface area contributed by atoms with Gasteiger partial charge in [-0.25, -0.2) is 19.3 Å². The Kier molecular flexibility index (Phi) is 6.03. The summed E-state index contributed by atoms with van der Waals surface area (Å²) in [6.45, 7) is 5.74. The van der Waals surface area contributed by atoms with E-state index in [2.05, 4.69) is 39.0 Å². The van der Waals surface area contributed by atoms with Crippen molar-refractivity contribution in [2.75, 3.05) is 18.0 Å². The number of carbonyl (C=O) groups excluding carboxylic acids is 1. The summed E-state index contributed by atoms with van der Waals surface area (Å²) in [7, 11) is 1.89. The molecule has 0 saturated carbocycles. The Morgan fingerprint density at radius 2 is 1.88 bits per heavy atom. The summed E-state index contributed by atoms with van der Waals surface area (Å²) in [4.78, 5) is 31.3. The zero-order valence-corrected chi connectivity index (χ0v) is 20.3. The number of hydrogen-bond donors (Lipinski definition) is 1. The first kappa shape index (κ1) is 22.5.